The summed E-state index contributed by atoms with van der Waals surface area (Å²) in [5, 5.41) is 6.42. The SMILES string of the molecule is CC1CC1NC(=O)c1ccc2c(c1)CCCN2. The summed E-state index contributed by atoms with van der Waals surface area (Å²) in [6, 6.07) is 6.38. The Morgan fingerprint density at radius 1 is 1.47 bits per heavy atom. The van der Waals surface area contributed by atoms with Crippen molar-refractivity contribution in [2.45, 2.75) is 32.2 Å². The van der Waals surface area contributed by atoms with Crippen molar-refractivity contribution in [1.29, 1.82) is 0 Å². The summed E-state index contributed by atoms with van der Waals surface area (Å²) in [4.78, 5) is 12.0. The third kappa shape index (κ3) is 2.14. The van der Waals surface area contributed by atoms with Crippen LogP contribution in [-0.4, -0.2) is 18.5 Å². The summed E-state index contributed by atoms with van der Waals surface area (Å²) >= 11 is 0. The number of nitrogens with one attached hydrogen (secondary N) is 2. The van der Waals surface area contributed by atoms with Gasteiger partial charge in [-0.15, -0.1) is 0 Å². The monoisotopic (exact) mass is 230 g/mol. The lowest BCUT2D eigenvalue weighted by molar-refractivity contribution is 0.0949. The van der Waals surface area contributed by atoms with Crippen LogP contribution in [-0.2, 0) is 6.42 Å². The van der Waals surface area contributed by atoms with Crippen molar-refractivity contribution in [3.05, 3.63) is 29.3 Å². The van der Waals surface area contributed by atoms with Crippen LogP contribution >= 0.6 is 0 Å². The fourth-order valence-corrected chi connectivity index (χ4v) is 2.39. The molecule has 90 valence electrons. The van der Waals surface area contributed by atoms with Gasteiger partial charge in [-0.1, -0.05) is 6.92 Å². The van der Waals surface area contributed by atoms with E-state index in [1.807, 2.05) is 18.2 Å². The van der Waals surface area contributed by atoms with Crippen LogP contribution in [0.2, 0.25) is 0 Å². The molecule has 1 heterocycles. The van der Waals surface area contributed by atoms with E-state index in [0.29, 0.717) is 12.0 Å². The molecule has 0 saturated heterocycles. The number of hydrogen-bond donors (Lipinski definition) is 2. The number of anilines is 1. The Kier molecular flexibility index (Phi) is 2.54. The molecule has 0 spiro atoms. The summed E-state index contributed by atoms with van der Waals surface area (Å²) in [6.45, 7) is 3.21. The molecule has 0 bridgehead atoms. The summed E-state index contributed by atoms with van der Waals surface area (Å²) in [5.41, 5.74) is 3.26. The second-order valence-electron chi connectivity index (χ2n) is 5.20. The minimum absolute atomic E-state index is 0.0766. The molecule has 0 radical (unpaired) electrons. The Morgan fingerprint density at radius 3 is 3.06 bits per heavy atom. The fourth-order valence-electron chi connectivity index (χ4n) is 2.39. The van der Waals surface area contributed by atoms with Crippen LogP contribution in [0.15, 0.2) is 18.2 Å². The second-order valence-corrected chi connectivity index (χ2v) is 5.20. The van der Waals surface area contributed by atoms with Gasteiger partial charge in [0.05, 0.1) is 0 Å². The van der Waals surface area contributed by atoms with Gasteiger partial charge in [-0.3, -0.25) is 4.79 Å². The number of benzene rings is 1. The molecule has 1 saturated carbocycles. The minimum Gasteiger partial charge on any atom is -0.385 e. The van der Waals surface area contributed by atoms with Gasteiger partial charge in [-0.05, 0) is 48.9 Å². The number of carbonyl (C=O) groups is 1. The van der Waals surface area contributed by atoms with Gasteiger partial charge in [0, 0.05) is 23.8 Å². The van der Waals surface area contributed by atoms with Crippen molar-refractivity contribution in [1.82, 2.24) is 5.32 Å². The zero-order chi connectivity index (χ0) is 11.8. The van der Waals surface area contributed by atoms with E-state index in [9.17, 15) is 4.79 Å². The summed E-state index contributed by atoms with van der Waals surface area (Å²) in [7, 11) is 0. The molecule has 17 heavy (non-hydrogen) atoms. The standard InChI is InChI=1S/C14H18N2O/c1-9-7-13(9)16-14(17)11-4-5-12-10(8-11)3-2-6-15-12/h4-5,8-9,13,15H,2-3,6-7H2,1H3,(H,16,17). The van der Waals surface area contributed by atoms with Gasteiger partial charge in [0.2, 0.25) is 0 Å². The molecule has 1 aliphatic heterocycles. The molecular weight excluding hydrogens is 212 g/mol. The molecule has 1 aromatic rings. The molecule has 2 aliphatic rings. The predicted octanol–water partition coefficient (Wildman–Crippen LogP) is 2.18. The lowest BCUT2D eigenvalue weighted by atomic mass is 10.0. The highest BCUT2D eigenvalue weighted by atomic mass is 16.1. The highest BCUT2D eigenvalue weighted by molar-refractivity contribution is 5.95. The Balaban J connectivity index is 1.76. The van der Waals surface area contributed by atoms with Crippen LogP contribution in [0.3, 0.4) is 0 Å². The van der Waals surface area contributed by atoms with Crippen LogP contribution < -0.4 is 10.6 Å². The average Bonchev–Trinajstić information content (AvgIpc) is 3.04. The van der Waals surface area contributed by atoms with Crippen LogP contribution in [0.5, 0.6) is 0 Å². The normalized spacial score (nSPS) is 25.7. The van der Waals surface area contributed by atoms with Crippen LogP contribution in [0, 0.1) is 5.92 Å². The molecule has 2 N–H and O–H groups in total. The van der Waals surface area contributed by atoms with Crippen molar-refractivity contribution in [3.63, 3.8) is 0 Å². The number of aryl methyl sites for hydroxylation is 1. The van der Waals surface area contributed by atoms with Crippen LogP contribution in [0.1, 0.15) is 35.7 Å². The quantitative estimate of drug-likeness (QED) is 0.817. The first kappa shape index (κ1) is 10.6. The first-order valence-electron chi connectivity index (χ1n) is 6.42. The van der Waals surface area contributed by atoms with E-state index in [1.54, 1.807) is 0 Å². The van der Waals surface area contributed by atoms with Crippen molar-refractivity contribution < 1.29 is 4.79 Å². The number of hydrogen-bond acceptors (Lipinski definition) is 2. The number of amides is 1. The maximum Gasteiger partial charge on any atom is 0.251 e. The van der Waals surface area contributed by atoms with Crippen molar-refractivity contribution in [2.24, 2.45) is 5.92 Å². The fraction of sp³-hybridized carbons (Fsp3) is 0.500. The maximum absolute atomic E-state index is 12.0. The van der Waals surface area contributed by atoms with E-state index in [2.05, 4.69) is 17.6 Å². The highest BCUT2D eigenvalue weighted by Gasteiger charge is 2.34. The number of rotatable bonds is 2. The minimum atomic E-state index is 0.0766. The highest BCUT2D eigenvalue weighted by Crippen LogP contribution is 2.29. The van der Waals surface area contributed by atoms with Crippen LogP contribution in [0.4, 0.5) is 5.69 Å². The van der Waals surface area contributed by atoms with Crippen LogP contribution in [0.25, 0.3) is 0 Å². The van der Waals surface area contributed by atoms with E-state index in [4.69, 9.17) is 0 Å². The van der Waals surface area contributed by atoms with Gasteiger partial charge < -0.3 is 10.6 Å². The second kappa shape index (κ2) is 4.06. The van der Waals surface area contributed by atoms with E-state index in [0.717, 1.165) is 31.4 Å². The molecule has 3 rings (SSSR count). The smallest absolute Gasteiger partial charge is 0.251 e. The molecule has 3 heteroatoms. The van der Waals surface area contributed by atoms with Gasteiger partial charge in [0.25, 0.3) is 5.91 Å². The van der Waals surface area contributed by atoms with Gasteiger partial charge in [-0.2, -0.15) is 0 Å². The Labute approximate surface area is 102 Å². The lowest BCUT2D eigenvalue weighted by Gasteiger charge is -2.18. The molecule has 0 aromatic heterocycles. The van der Waals surface area contributed by atoms with Crippen molar-refractivity contribution in [3.8, 4) is 0 Å². The van der Waals surface area contributed by atoms with E-state index < -0.39 is 0 Å². The molecule has 3 nitrogen and oxygen atoms in total. The summed E-state index contributed by atoms with van der Waals surface area (Å²) in [5.74, 6) is 0.728. The zero-order valence-corrected chi connectivity index (χ0v) is 10.1. The van der Waals surface area contributed by atoms with Crippen molar-refractivity contribution in [2.75, 3.05) is 11.9 Å². The first-order chi connectivity index (χ1) is 8.24. The lowest BCUT2D eigenvalue weighted by Crippen LogP contribution is -2.26. The van der Waals surface area contributed by atoms with E-state index in [1.165, 1.54) is 11.3 Å². The van der Waals surface area contributed by atoms with Crippen molar-refractivity contribution >= 4 is 11.6 Å². The molecule has 1 amide bonds. The number of fused-ring (bicyclic) bond motifs is 1. The predicted molar refractivity (Wildman–Crippen MR) is 68.3 cm³/mol. The molecular formula is C14H18N2O. The summed E-state index contributed by atoms with van der Waals surface area (Å²) < 4.78 is 0. The van der Waals surface area contributed by atoms with E-state index >= 15 is 0 Å². The summed E-state index contributed by atoms with van der Waals surface area (Å²) in [6.07, 6.45) is 3.35. The molecule has 2 unspecified atom stereocenters. The average molecular weight is 230 g/mol. The van der Waals surface area contributed by atoms with Gasteiger partial charge in [0.1, 0.15) is 0 Å². The van der Waals surface area contributed by atoms with E-state index in [-0.39, 0.29) is 5.91 Å². The Hall–Kier alpha value is -1.51. The zero-order valence-electron chi connectivity index (χ0n) is 10.1. The maximum atomic E-state index is 12.0. The van der Waals surface area contributed by atoms with Gasteiger partial charge >= 0.3 is 0 Å². The topological polar surface area (TPSA) is 41.1 Å². The first-order valence-corrected chi connectivity index (χ1v) is 6.42. The molecule has 1 aromatic carbocycles. The van der Waals surface area contributed by atoms with Gasteiger partial charge in [-0.25, -0.2) is 0 Å². The third-order valence-corrected chi connectivity index (χ3v) is 3.73. The molecule has 1 aliphatic carbocycles. The number of carbonyl (C=O) groups excluding carboxylic acids is 1. The Bertz CT molecular complexity index is 456. The molecule has 2 atom stereocenters. The largest absolute Gasteiger partial charge is 0.385 e. The Morgan fingerprint density at radius 2 is 2.29 bits per heavy atom. The molecule has 1 fully saturated rings. The third-order valence-electron chi connectivity index (χ3n) is 3.73. The van der Waals surface area contributed by atoms with Gasteiger partial charge in [0.15, 0.2) is 0 Å².